The first-order valence-corrected chi connectivity index (χ1v) is 4.77. The Morgan fingerprint density at radius 3 is 2.36 bits per heavy atom. The van der Waals surface area contributed by atoms with Crippen LogP contribution in [0.3, 0.4) is 0 Å². The molecule has 2 aliphatic rings. The molecule has 14 heavy (non-hydrogen) atoms. The van der Waals surface area contributed by atoms with Gasteiger partial charge >= 0.3 is 0 Å². The molecular formula is C9H13F2NO2. The maximum Gasteiger partial charge on any atom is 0.252 e. The number of aliphatic hydroxyl groups is 1. The molecule has 0 aromatic heterocycles. The van der Waals surface area contributed by atoms with Crippen molar-refractivity contribution in [1.82, 2.24) is 5.32 Å². The van der Waals surface area contributed by atoms with Crippen LogP contribution in [0.15, 0.2) is 0 Å². The Bertz CT molecular complexity index is 256. The van der Waals surface area contributed by atoms with Crippen LogP contribution >= 0.6 is 0 Å². The van der Waals surface area contributed by atoms with Crippen LogP contribution in [0.5, 0.6) is 0 Å². The van der Waals surface area contributed by atoms with E-state index in [-0.39, 0.29) is 11.8 Å². The first kappa shape index (κ1) is 9.83. The number of aliphatic hydroxyl groups excluding tert-OH is 1. The average Bonchev–Trinajstić information content (AvgIpc) is 2.82. The maximum absolute atomic E-state index is 12.6. The molecule has 0 aromatic rings. The van der Waals surface area contributed by atoms with Gasteiger partial charge in [-0.1, -0.05) is 0 Å². The quantitative estimate of drug-likeness (QED) is 0.711. The maximum atomic E-state index is 12.6. The minimum Gasteiger partial charge on any atom is -0.394 e. The molecule has 2 fully saturated rings. The van der Waals surface area contributed by atoms with Crippen LogP contribution in [0.1, 0.15) is 25.7 Å². The Morgan fingerprint density at radius 2 is 2.00 bits per heavy atom. The second kappa shape index (κ2) is 2.89. The zero-order chi connectivity index (χ0) is 10.4. The minimum absolute atomic E-state index is 0.00681. The average molecular weight is 205 g/mol. The van der Waals surface area contributed by atoms with Crippen molar-refractivity contribution in [2.75, 3.05) is 6.61 Å². The van der Waals surface area contributed by atoms with Crippen LogP contribution in [0, 0.1) is 5.92 Å². The molecule has 0 aromatic carbocycles. The highest BCUT2D eigenvalue weighted by atomic mass is 19.3. The summed E-state index contributed by atoms with van der Waals surface area (Å²) in [5.41, 5.74) is -1.05. The van der Waals surface area contributed by atoms with Crippen LogP contribution in [-0.4, -0.2) is 29.1 Å². The van der Waals surface area contributed by atoms with Gasteiger partial charge in [-0.3, -0.25) is 4.79 Å². The summed E-state index contributed by atoms with van der Waals surface area (Å²) in [6.45, 7) is -0.402. The van der Waals surface area contributed by atoms with E-state index in [9.17, 15) is 13.6 Å². The third-order valence-corrected chi connectivity index (χ3v) is 2.83. The Balaban J connectivity index is 1.91. The molecule has 2 N–H and O–H groups in total. The number of carbonyl (C=O) groups excluding carboxylic acids is 1. The monoisotopic (exact) mass is 205 g/mol. The van der Waals surface area contributed by atoms with E-state index >= 15 is 0 Å². The lowest BCUT2D eigenvalue weighted by Gasteiger charge is -2.46. The minimum atomic E-state index is -2.72. The molecule has 5 heteroatoms. The predicted octanol–water partition coefficient (Wildman–Crippen LogP) is 0.673. The van der Waals surface area contributed by atoms with Gasteiger partial charge in [-0.15, -0.1) is 0 Å². The summed E-state index contributed by atoms with van der Waals surface area (Å²) < 4.78 is 25.2. The van der Waals surface area contributed by atoms with Gasteiger partial charge in [0, 0.05) is 18.8 Å². The molecule has 0 spiro atoms. The third kappa shape index (κ3) is 1.73. The smallest absolute Gasteiger partial charge is 0.252 e. The number of hydrogen-bond acceptors (Lipinski definition) is 2. The van der Waals surface area contributed by atoms with Gasteiger partial charge in [-0.2, -0.15) is 0 Å². The Hall–Kier alpha value is -0.710. The lowest BCUT2D eigenvalue weighted by molar-refractivity contribution is -0.156. The number of amides is 1. The van der Waals surface area contributed by atoms with Gasteiger partial charge in [0.25, 0.3) is 5.92 Å². The Morgan fingerprint density at radius 1 is 1.43 bits per heavy atom. The summed E-state index contributed by atoms with van der Waals surface area (Å²) in [5.74, 6) is -2.92. The number of carbonyl (C=O) groups is 1. The van der Waals surface area contributed by atoms with E-state index in [4.69, 9.17) is 5.11 Å². The lowest BCUT2D eigenvalue weighted by atomic mass is 9.74. The van der Waals surface area contributed by atoms with E-state index in [0.29, 0.717) is 0 Å². The second-order valence-corrected chi connectivity index (χ2v) is 4.41. The van der Waals surface area contributed by atoms with E-state index in [2.05, 4.69) is 5.32 Å². The molecule has 0 heterocycles. The predicted molar refractivity (Wildman–Crippen MR) is 44.9 cm³/mol. The zero-order valence-corrected chi connectivity index (χ0v) is 7.72. The normalized spacial score (nSPS) is 27.9. The first-order valence-electron chi connectivity index (χ1n) is 4.77. The van der Waals surface area contributed by atoms with Crippen LogP contribution in [0.25, 0.3) is 0 Å². The molecule has 2 saturated carbocycles. The van der Waals surface area contributed by atoms with Crippen molar-refractivity contribution in [2.24, 2.45) is 5.92 Å². The fraction of sp³-hybridized carbons (Fsp3) is 0.889. The highest BCUT2D eigenvalue weighted by molar-refractivity contribution is 5.81. The Labute approximate surface area is 80.5 Å². The topological polar surface area (TPSA) is 49.3 Å². The second-order valence-electron chi connectivity index (χ2n) is 4.41. The van der Waals surface area contributed by atoms with Gasteiger partial charge in [-0.05, 0) is 12.8 Å². The van der Waals surface area contributed by atoms with Gasteiger partial charge < -0.3 is 10.4 Å². The molecule has 80 valence electrons. The van der Waals surface area contributed by atoms with Crippen molar-refractivity contribution in [2.45, 2.75) is 37.1 Å². The van der Waals surface area contributed by atoms with Crippen molar-refractivity contribution >= 4 is 5.91 Å². The number of rotatable bonds is 3. The van der Waals surface area contributed by atoms with Crippen molar-refractivity contribution in [3.8, 4) is 0 Å². The summed E-state index contributed by atoms with van der Waals surface area (Å²) in [5, 5.41) is 11.5. The van der Waals surface area contributed by atoms with Gasteiger partial charge in [0.05, 0.1) is 12.1 Å². The van der Waals surface area contributed by atoms with E-state index in [1.54, 1.807) is 0 Å². The van der Waals surface area contributed by atoms with Gasteiger partial charge in [-0.25, -0.2) is 8.78 Å². The van der Waals surface area contributed by atoms with E-state index < -0.39 is 30.9 Å². The van der Waals surface area contributed by atoms with Crippen molar-refractivity contribution in [3.63, 3.8) is 0 Å². The van der Waals surface area contributed by atoms with Crippen LogP contribution in [0.4, 0.5) is 8.78 Å². The molecule has 2 rings (SSSR count). The number of halogens is 2. The van der Waals surface area contributed by atoms with E-state index in [1.807, 2.05) is 0 Å². The number of nitrogens with one attached hydrogen (secondary N) is 1. The van der Waals surface area contributed by atoms with Crippen molar-refractivity contribution in [3.05, 3.63) is 0 Å². The van der Waals surface area contributed by atoms with Crippen LogP contribution in [0.2, 0.25) is 0 Å². The highest BCUT2D eigenvalue weighted by Gasteiger charge is 2.57. The third-order valence-electron chi connectivity index (χ3n) is 2.83. The van der Waals surface area contributed by atoms with Crippen LogP contribution in [-0.2, 0) is 4.79 Å². The lowest BCUT2D eigenvalue weighted by Crippen LogP contribution is -2.64. The molecule has 0 atom stereocenters. The molecule has 2 aliphatic carbocycles. The molecule has 0 radical (unpaired) electrons. The fourth-order valence-corrected chi connectivity index (χ4v) is 1.89. The zero-order valence-electron chi connectivity index (χ0n) is 7.72. The van der Waals surface area contributed by atoms with Crippen molar-refractivity contribution < 1.29 is 18.7 Å². The summed E-state index contributed by atoms with van der Waals surface area (Å²) in [6.07, 6.45) is 0.803. The SMILES string of the molecule is O=C(NC1(CO)CC(F)(F)C1)C1CC1. The number of hydrogen-bond donors (Lipinski definition) is 2. The largest absolute Gasteiger partial charge is 0.394 e. The van der Waals surface area contributed by atoms with Crippen molar-refractivity contribution in [1.29, 1.82) is 0 Å². The fourth-order valence-electron chi connectivity index (χ4n) is 1.89. The highest BCUT2D eigenvalue weighted by Crippen LogP contribution is 2.45. The molecule has 0 saturated heterocycles. The Kier molecular flexibility index (Phi) is 2.03. The van der Waals surface area contributed by atoms with E-state index in [0.717, 1.165) is 12.8 Å². The summed E-state index contributed by atoms with van der Waals surface area (Å²) in [7, 11) is 0. The van der Waals surface area contributed by atoms with E-state index in [1.165, 1.54) is 0 Å². The molecule has 1 amide bonds. The standard InChI is InChI=1S/C9H13F2NO2/c10-9(11)3-8(4-9,5-13)12-7(14)6-1-2-6/h6,13H,1-5H2,(H,12,14). The van der Waals surface area contributed by atoms with Gasteiger partial charge in [0.1, 0.15) is 0 Å². The van der Waals surface area contributed by atoms with Gasteiger partial charge in [0.15, 0.2) is 0 Å². The molecular weight excluding hydrogens is 192 g/mol. The van der Waals surface area contributed by atoms with Crippen LogP contribution < -0.4 is 5.32 Å². The molecule has 0 unspecified atom stereocenters. The summed E-state index contributed by atoms with van der Waals surface area (Å²) >= 11 is 0. The molecule has 0 bridgehead atoms. The summed E-state index contributed by atoms with van der Waals surface area (Å²) in [6, 6.07) is 0. The van der Waals surface area contributed by atoms with Gasteiger partial charge in [0.2, 0.25) is 5.91 Å². The first-order chi connectivity index (χ1) is 6.46. The number of alkyl halides is 2. The molecule has 3 nitrogen and oxygen atoms in total. The molecule has 0 aliphatic heterocycles. The summed E-state index contributed by atoms with van der Waals surface area (Å²) in [4.78, 5) is 11.3.